The molecule has 0 saturated heterocycles. The van der Waals surface area contributed by atoms with E-state index < -0.39 is 0 Å². The van der Waals surface area contributed by atoms with Crippen molar-refractivity contribution >= 4 is 17.5 Å². The van der Waals surface area contributed by atoms with E-state index in [2.05, 4.69) is 25.2 Å². The van der Waals surface area contributed by atoms with Crippen LogP contribution in [-0.4, -0.2) is 17.8 Å². The third-order valence-electron chi connectivity index (χ3n) is 3.54. The van der Waals surface area contributed by atoms with Gasteiger partial charge in [-0.3, -0.25) is 4.79 Å². The van der Waals surface area contributed by atoms with Gasteiger partial charge in [-0.1, -0.05) is 19.9 Å². The minimum Gasteiger partial charge on any atom is -0.351 e. The van der Waals surface area contributed by atoms with Crippen LogP contribution in [0, 0.1) is 5.92 Å². The van der Waals surface area contributed by atoms with E-state index in [9.17, 15) is 4.79 Å². The zero-order valence-corrected chi connectivity index (χ0v) is 11.8. The number of carbonyl (C=O) groups is 1. The molecule has 98 valence electrons. The average molecular weight is 266 g/mol. The highest BCUT2D eigenvalue weighted by molar-refractivity contribution is 6.21. The number of carbonyl (C=O) groups excluding carboxylic acids is 1. The molecule has 1 amide bonds. The fourth-order valence-electron chi connectivity index (χ4n) is 2.24. The van der Waals surface area contributed by atoms with Crippen LogP contribution in [0.15, 0.2) is 18.2 Å². The van der Waals surface area contributed by atoms with E-state index in [-0.39, 0.29) is 11.3 Å². The molecule has 1 aliphatic carbocycles. The number of hydrogen-bond acceptors (Lipinski definition) is 1. The molecule has 0 aliphatic heterocycles. The summed E-state index contributed by atoms with van der Waals surface area (Å²) in [6.07, 6.45) is 3.45. The maximum atomic E-state index is 12.0. The molecule has 0 fully saturated rings. The minimum atomic E-state index is -0.0176. The van der Waals surface area contributed by atoms with Gasteiger partial charge < -0.3 is 5.32 Å². The van der Waals surface area contributed by atoms with Crippen LogP contribution >= 0.6 is 11.6 Å². The lowest BCUT2D eigenvalue weighted by molar-refractivity contribution is 0.0952. The third-order valence-corrected chi connectivity index (χ3v) is 4.20. The Morgan fingerprint density at radius 3 is 2.78 bits per heavy atom. The zero-order valence-electron chi connectivity index (χ0n) is 11.0. The fourth-order valence-corrected chi connectivity index (χ4v) is 2.32. The lowest BCUT2D eigenvalue weighted by atomic mass is 10.1. The van der Waals surface area contributed by atoms with E-state index in [1.54, 1.807) is 0 Å². The van der Waals surface area contributed by atoms with Gasteiger partial charge in [0.1, 0.15) is 0 Å². The largest absolute Gasteiger partial charge is 0.351 e. The highest BCUT2D eigenvalue weighted by atomic mass is 35.5. The Hall–Kier alpha value is -1.02. The second-order valence-corrected chi connectivity index (χ2v) is 5.87. The van der Waals surface area contributed by atoms with Gasteiger partial charge in [-0.25, -0.2) is 0 Å². The monoisotopic (exact) mass is 265 g/mol. The van der Waals surface area contributed by atoms with E-state index >= 15 is 0 Å². The SMILES string of the molecule is CC(C)C(Cl)CNC(=O)c1ccc2c(c1)CCC2. The summed E-state index contributed by atoms with van der Waals surface area (Å²) in [5.41, 5.74) is 3.47. The first-order valence-corrected chi connectivity index (χ1v) is 7.05. The second-order valence-electron chi connectivity index (χ2n) is 5.31. The number of aryl methyl sites for hydroxylation is 2. The number of hydrogen-bond donors (Lipinski definition) is 1. The Balaban J connectivity index is 1.97. The first kappa shape index (κ1) is 13.4. The summed E-state index contributed by atoms with van der Waals surface area (Å²) in [4.78, 5) is 12.0. The molecule has 0 bridgehead atoms. The highest BCUT2D eigenvalue weighted by Crippen LogP contribution is 2.22. The third kappa shape index (κ3) is 3.05. The Bertz CT molecular complexity index is 442. The van der Waals surface area contributed by atoms with Gasteiger partial charge in [0.15, 0.2) is 0 Å². The van der Waals surface area contributed by atoms with E-state index in [4.69, 9.17) is 11.6 Å². The highest BCUT2D eigenvalue weighted by Gasteiger charge is 2.15. The molecule has 0 aromatic heterocycles. The van der Waals surface area contributed by atoms with Crippen LogP contribution in [0.25, 0.3) is 0 Å². The van der Waals surface area contributed by atoms with Gasteiger partial charge in [-0.05, 0) is 48.4 Å². The number of amides is 1. The quantitative estimate of drug-likeness (QED) is 0.833. The number of alkyl halides is 1. The van der Waals surface area contributed by atoms with E-state index in [1.807, 2.05) is 12.1 Å². The van der Waals surface area contributed by atoms with Crippen molar-refractivity contribution in [2.24, 2.45) is 5.92 Å². The number of halogens is 1. The number of benzene rings is 1. The van der Waals surface area contributed by atoms with Crippen LogP contribution in [-0.2, 0) is 12.8 Å². The second kappa shape index (κ2) is 5.75. The Morgan fingerprint density at radius 1 is 1.33 bits per heavy atom. The van der Waals surface area contributed by atoms with Gasteiger partial charge in [-0.2, -0.15) is 0 Å². The molecule has 1 unspecified atom stereocenters. The maximum absolute atomic E-state index is 12.0. The van der Waals surface area contributed by atoms with Gasteiger partial charge in [0, 0.05) is 12.1 Å². The molecule has 0 heterocycles. The molecule has 0 saturated carbocycles. The average Bonchev–Trinajstić information content (AvgIpc) is 2.82. The normalized spacial score (nSPS) is 15.6. The topological polar surface area (TPSA) is 29.1 Å². The molecule has 18 heavy (non-hydrogen) atoms. The van der Waals surface area contributed by atoms with Gasteiger partial charge in [0.25, 0.3) is 5.91 Å². The minimum absolute atomic E-state index is 0.0108. The number of fused-ring (bicyclic) bond motifs is 1. The van der Waals surface area contributed by atoms with Crippen molar-refractivity contribution < 1.29 is 4.79 Å². The molecular formula is C15H20ClNO. The Labute approximate surface area is 114 Å². The predicted molar refractivity (Wildman–Crippen MR) is 75.3 cm³/mol. The van der Waals surface area contributed by atoms with Crippen molar-refractivity contribution in [2.75, 3.05) is 6.54 Å². The number of nitrogens with one attached hydrogen (secondary N) is 1. The van der Waals surface area contributed by atoms with Gasteiger partial charge >= 0.3 is 0 Å². The Kier molecular flexibility index (Phi) is 4.28. The van der Waals surface area contributed by atoms with E-state index in [0.29, 0.717) is 12.5 Å². The summed E-state index contributed by atoms with van der Waals surface area (Å²) in [5.74, 6) is 0.350. The van der Waals surface area contributed by atoms with Gasteiger partial charge in [0.2, 0.25) is 0 Å². The zero-order chi connectivity index (χ0) is 13.1. The summed E-state index contributed by atoms with van der Waals surface area (Å²) in [6, 6.07) is 6.02. The first-order valence-electron chi connectivity index (χ1n) is 6.62. The van der Waals surface area contributed by atoms with Crippen molar-refractivity contribution in [3.63, 3.8) is 0 Å². The number of rotatable bonds is 4. The molecule has 1 aromatic rings. The summed E-state index contributed by atoms with van der Waals surface area (Å²) < 4.78 is 0. The molecular weight excluding hydrogens is 246 g/mol. The molecule has 1 atom stereocenters. The van der Waals surface area contributed by atoms with Crippen LogP contribution in [0.3, 0.4) is 0 Å². The molecule has 1 aliphatic rings. The standard InChI is InChI=1S/C15H20ClNO/c1-10(2)14(16)9-17-15(18)13-7-6-11-4-3-5-12(11)8-13/h6-8,10,14H,3-5,9H2,1-2H3,(H,17,18). The summed E-state index contributed by atoms with van der Waals surface area (Å²) in [6.45, 7) is 4.63. The summed E-state index contributed by atoms with van der Waals surface area (Å²) in [7, 11) is 0. The fraction of sp³-hybridized carbons (Fsp3) is 0.533. The molecule has 3 heteroatoms. The van der Waals surface area contributed by atoms with Gasteiger partial charge in [-0.15, -0.1) is 11.6 Å². The first-order chi connectivity index (χ1) is 8.58. The maximum Gasteiger partial charge on any atom is 0.251 e. The van der Waals surface area contributed by atoms with E-state index in [0.717, 1.165) is 18.4 Å². The van der Waals surface area contributed by atoms with Gasteiger partial charge in [0.05, 0.1) is 5.38 Å². The lowest BCUT2D eigenvalue weighted by Crippen LogP contribution is -2.32. The van der Waals surface area contributed by atoms with Crippen molar-refractivity contribution in [3.8, 4) is 0 Å². The van der Waals surface area contributed by atoms with Crippen molar-refractivity contribution in [1.82, 2.24) is 5.32 Å². The molecule has 0 spiro atoms. The molecule has 1 aromatic carbocycles. The van der Waals surface area contributed by atoms with Crippen LogP contribution < -0.4 is 5.32 Å². The van der Waals surface area contributed by atoms with Crippen molar-refractivity contribution in [3.05, 3.63) is 34.9 Å². The van der Waals surface area contributed by atoms with Crippen LogP contribution in [0.5, 0.6) is 0 Å². The van der Waals surface area contributed by atoms with Crippen molar-refractivity contribution in [2.45, 2.75) is 38.5 Å². The van der Waals surface area contributed by atoms with Crippen LogP contribution in [0.4, 0.5) is 0 Å². The predicted octanol–water partition coefficient (Wildman–Crippen LogP) is 3.17. The molecule has 2 nitrogen and oxygen atoms in total. The van der Waals surface area contributed by atoms with Crippen molar-refractivity contribution in [1.29, 1.82) is 0 Å². The lowest BCUT2D eigenvalue weighted by Gasteiger charge is -2.14. The smallest absolute Gasteiger partial charge is 0.251 e. The Morgan fingerprint density at radius 2 is 2.06 bits per heavy atom. The summed E-state index contributed by atoms with van der Waals surface area (Å²) >= 11 is 6.13. The molecule has 0 radical (unpaired) electrons. The van der Waals surface area contributed by atoms with Crippen LogP contribution in [0.2, 0.25) is 0 Å². The summed E-state index contributed by atoms with van der Waals surface area (Å²) in [5, 5.41) is 2.89. The molecule has 2 rings (SSSR count). The van der Waals surface area contributed by atoms with E-state index in [1.165, 1.54) is 17.5 Å². The molecule has 1 N–H and O–H groups in total. The van der Waals surface area contributed by atoms with Crippen LogP contribution in [0.1, 0.15) is 41.8 Å².